The maximum atomic E-state index is 12.9. The number of nitrogens with two attached hydrogens (primary N) is 1. The van der Waals surface area contributed by atoms with Crippen molar-refractivity contribution in [1.29, 1.82) is 0 Å². The van der Waals surface area contributed by atoms with Gasteiger partial charge in [-0.1, -0.05) is 12.8 Å². The first-order valence-corrected chi connectivity index (χ1v) is 7.32. The lowest BCUT2D eigenvalue weighted by Crippen LogP contribution is -2.50. The van der Waals surface area contributed by atoms with Gasteiger partial charge in [0.05, 0.1) is 11.5 Å². The highest BCUT2D eigenvalue weighted by atomic mass is 16.3. The van der Waals surface area contributed by atoms with Gasteiger partial charge in [0.15, 0.2) is 0 Å². The van der Waals surface area contributed by atoms with Gasteiger partial charge < -0.3 is 20.6 Å². The Morgan fingerprint density at radius 3 is 2.58 bits per heavy atom. The molecular weight excluding hydrogens is 242 g/mol. The first-order chi connectivity index (χ1) is 8.98. The second-order valence-electron chi connectivity index (χ2n) is 6.45. The zero-order valence-corrected chi connectivity index (χ0v) is 12.1. The molecule has 1 aliphatic heterocycles. The van der Waals surface area contributed by atoms with Crippen LogP contribution in [0.4, 0.5) is 0 Å². The summed E-state index contributed by atoms with van der Waals surface area (Å²) in [5.74, 6) is 0.177. The SMILES string of the molecule is CN(C)CC1CC(O)CN1C(=O)C1(CN)CCCC1. The number of hydrogen-bond acceptors (Lipinski definition) is 4. The van der Waals surface area contributed by atoms with Gasteiger partial charge in [-0.15, -0.1) is 0 Å². The molecule has 2 fully saturated rings. The molecule has 1 heterocycles. The van der Waals surface area contributed by atoms with Crippen molar-refractivity contribution in [3.63, 3.8) is 0 Å². The number of aliphatic hydroxyl groups is 1. The van der Waals surface area contributed by atoms with Gasteiger partial charge in [-0.3, -0.25) is 4.79 Å². The lowest BCUT2D eigenvalue weighted by atomic mass is 9.84. The first kappa shape index (κ1) is 14.8. The fourth-order valence-electron chi connectivity index (χ4n) is 3.60. The summed E-state index contributed by atoms with van der Waals surface area (Å²) in [6, 6.07) is 0.126. The van der Waals surface area contributed by atoms with Crippen LogP contribution in [0.2, 0.25) is 0 Å². The van der Waals surface area contributed by atoms with Crippen LogP contribution in [0, 0.1) is 5.41 Å². The number of hydrogen-bond donors (Lipinski definition) is 2. The molecule has 0 spiro atoms. The monoisotopic (exact) mass is 269 g/mol. The maximum absolute atomic E-state index is 12.9. The Morgan fingerprint density at radius 2 is 2.05 bits per heavy atom. The number of carbonyl (C=O) groups is 1. The van der Waals surface area contributed by atoms with Crippen molar-refractivity contribution < 1.29 is 9.90 Å². The van der Waals surface area contributed by atoms with Crippen LogP contribution in [0.5, 0.6) is 0 Å². The Labute approximate surface area is 115 Å². The van der Waals surface area contributed by atoms with Gasteiger partial charge >= 0.3 is 0 Å². The number of β-amino-alcohol motifs (C(OH)–C–C–N with tert-alkyl or cyclic N) is 1. The highest BCUT2D eigenvalue weighted by Crippen LogP contribution is 2.40. The van der Waals surface area contributed by atoms with Crippen molar-refractivity contribution in [1.82, 2.24) is 9.80 Å². The van der Waals surface area contributed by atoms with E-state index in [0.29, 0.717) is 19.5 Å². The summed E-state index contributed by atoms with van der Waals surface area (Å²) in [6.07, 6.45) is 4.30. The first-order valence-electron chi connectivity index (χ1n) is 7.32. The average Bonchev–Trinajstić information content (AvgIpc) is 2.95. The Balaban J connectivity index is 2.11. The summed E-state index contributed by atoms with van der Waals surface area (Å²) in [5, 5.41) is 9.89. The van der Waals surface area contributed by atoms with E-state index < -0.39 is 0 Å². The third-order valence-corrected chi connectivity index (χ3v) is 4.63. The largest absolute Gasteiger partial charge is 0.391 e. The van der Waals surface area contributed by atoms with Crippen LogP contribution in [0.25, 0.3) is 0 Å². The van der Waals surface area contributed by atoms with Gasteiger partial charge in [-0.2, -0.15) is 0 Å². The van der Waals surface area contributed by atoms with Crippen LogP contribution in [-0.4, -0.2) is 66.7 Å². The lowest BCUT2D eigenvalue weighted by Gasteiger charge is -2.35. The molecule has 19 heavy (non-hydrogen) atoms. The van der Waals surface area contributed by atoms with Gasteiger partial charge in [0.25, 0.3) is 0 Å². The van der Waals surface area contributed by atoms with Gasteiger partial charge in [-0.25, -0.2) is 0 Å². The van der Waals surface area contributed by atoms with Crippen LogP contribution < -0.4 is 5.73 Å². The van der Waals surface area contributed by atoms with Crippen molar-refractivity contribution in [2.45, 2.75) is 44.2 Å². The third kappa shape index (κ3) is 2.93. The van der Waals surface area contributed by atoms with Crippen molar-refractivity contribution in [2.24, 2.45) is 11.1 Å². The number of nitrogens with zero attached hydrogens (tertiary/aromatic N) is 2. The molecule has 1 aliphatic carbocycles. The summed E-state index contributed by atoms with van der Waals surface area (Å²) in [5.41, 5.74) is 5.55. The summed E-state index contributed by atoms with van der Waals surface area (Å²) < 4.78 is 0. The van der Waals surface area contributed by atoms with E-state index >= 15 is 0 Å². The molecule has 110 valence electrons. The quantitative estimate of drug-likeness (QED) is 0.755. The van der Waals surface area contributed by atoms with E-state index in [-0.39, 0.29) is 23.5 Å². The molecule has 2 rings (SSSR count). The Kier molecular flexibility index (Phi) is 4.48. The highest BCUT2D eigenvalue weighted by molar-refractivity contribution is 5.84. The molecule has 0 aromatic carbocycles. The van der Waals surface area contributed by atoms with E-state index in [2.05, 4.69) is 4.90 Å². The van der Waals surface area contributed by atoms with Crippen LogP contribution in [0.15, 0.2) is 0 Å². The Bertz CT molecular complexity index is 327. The van der Waals surface area contributed by atoms with Crippen LogP contribution in [-0.2, 0) is 4.79 Å². The molecule has 0 aromatic rings. The van der Waals surface area contributed by atoms with Crippen molar-refractivity contribution in [2.75, 3.05) is 33.7 Å². The van der Waals surface area contributed by atoms with Crippen molar-refractivity contribution in [3.05, 3.63) is 0 Å². The van der Waals surface area contributed by atoms with Gasteiger partial charge in [-0.05, 0) is 33.4 Å². The number of likely N-dealkylation sites (tertiary alicyclic amines) is 1. The molecule has 2 aliphatic rings. The molecule has 0 radical (unpaired) electrons. The minimum Gasteiger partial charge on any atom is -0.391 e. The third-order valence-electron chi connectivity index (χ3n) is 4.63. The van der Waals surface area contributed by atoms with Crippen molar-refractivity contribution in [3.8, 4) is 0 Å². The molecule has 2 unspecified atom stereocenters. The molecule has 2 atom stereocenters. The minimum absolute atomic E-state index is 0.126. The van der Waals surface area contributed by atoms with Crippen molar-refractivity contribution >= 4 is 5.91 Å². The summed E-state index contributed by atoms with van der Waals surface area (Å²) in [7, 11) is 4.00. The second-order valence-corrected chi connectivity index (χ2v) is 6.45. The Morgan fingerprint density at radius 1 is 1.42 bits per heavy atom. The minimum atomic E-state index is -0.384. The summed E-state index contributed by atoms with van der Waals surface area (Å²) in [4.78, 5) is 16.8. The second kappa shape index (κ2) is 5.77. The van der Waals surface area contributed by atoms with Crippen LogP contribution >= 0.6 is 0 Å². The van der Waals surface area contributed by atoms with Gasteiger partial charge in [0, 0.05) is 25.7 Å². The molecular formula is C14H27N3O2. The molecule has 1 saturated heterocycles. The van der Waals surface area contributed by atoms with E-state index in [1.807, 2.05) is 19.0 Å². The maximum Gasteiger partial charge on any atom is 0.230 e. The molecule has 5 nitrogen and oxygen atoms in total. The molecule has 0 aromatic heterocycles. The number of carbonyl (C=O) groups excluding carboxylic acids is 1. The smallest absolute Gasteiger partial charge is 0.230 e. The predicted molar refractivity (Wildman–Crippen MR) is 74.6 cm³/mol. The van der Waals surface area contributed by atoms with E-state index in [4.69, 9.17) is 5.73 Å². The summed E-state index contributed by atoms with van der Waals surface area (Å²) in [6.45, 7) is 1.72. The van der Waals surface area contributed by atoms with Gasteiger partial charge in [0.2, 0.25) is 5.91 Å². The standard InChI is InChI=1S/C14H27N3O2/c1-16(2)8-11-7-12(18)9-17(11)13(19)14(10-15)5-3-4-6-14/h11-12,18H,3-10,15H2,1-2H3. The topological polar surface area (TPSA) is 69.8 Å². The number of aliphatic hydroxyl groups excluding tert-OH is 1. The van der Waals surface area contributed by atoms with E-state index in [1.54, 1.807) is 0 Å². The molecule has 1 amide bonds. The summed E-state index contributed by atoms with van der Waals surface area (Å²) >= 11 is 0. The van der Waals surface area contributed by atoms with E-state index in [9.17, 15) is 9.90 Å². The molecule has 5 heteroatoms. The number of amides is 1. The molecule has 0 bridgehead atoms. The Hall–Kier alpha value is -0.650. The average molecular weight is 269 g/mol. The zero-order chi connectivity index (χ0) is 14.0. The van der Waals surface area contributed by atoms with Gasteiger partial charge in [0.1, 0.15) is 0 Å². The van der Waals surface area contributed by atoms with Crippen LogP contribution in [0.1, 0.15) is 32.1 Å². The number of rotatable bonds is 4. The zero-order valence-electron chi connectivity index (χ0n) is 12.1. The molecule has 3 N–H and O–H groups in total. The normalized spacial score (nSPS) is 30.3. The number of likely N-dealkylation sites (N-methyl/N-ethyl adjacent to an activating group) is 1. The molecule has 1 saturated carbocycles. The van der Waals surface area contributed by atoms with Crippen LogP contribution in [0.3, 0.4) is 0 Å². The highest BCUT2D eigenvalue weighted by Gasteiger charge is 2.46. The van der Waals surface area contributed by atoms with E-state index in [0.717, 1.165) is 32.2 Å². The predicted octanol–water partition coefficient (Wildman–Crippen LogP) is 0.0289. The fourth-order valence-corrected chi connectivity index (χ4v) is 3.60. The lowest BCUT2D eigenvalue weighted by molar-refractivity contribution is -0.142. The fraction of sp³-hybridized carbons (Fsp3) is 0.929. The van der Waals surface area contributed by atoms with E-state index in [1.165, 1.54) is 0 Å².